The van der Waals surface area contributed by atoms with E-state index in [2.05, 4.69) is 0 Å². The van der Waals surface area contributed by atoms with Crippen molar-refractivity contribution in [2.45, 2.75) is 18.9 Å². The van der Waals surface area contributed by atoms with Crippen molar-refractivity contribution in [1.82, 2.24) is 5.01 Å². The van der Waals surface area contributed by atoms with E-state index >= 15 is 0 Å². The number of aliphatic carboxylic acids is 1. The number of carbonyl (C=O) groups is 1. The van der Waals surface area contributed by atoms with Gasteiger partial charge in [-0.15, -0.1) is 0 Å². The molecule has 0 aliphatic carbocycles. The molecular formula is C5H10N2O2Zn. The van der Waals surface area contributed by atoms with Crippen molar-refractivity contribution in [1.29, 1.82) is 0 Å². The Balaban J connectivity index is 0.000000810. The zero-order valence-electron chi connectivity index (χ0n) is 5.79. The molecule has 0 aromatic carbocycles. The van der Waals surface area contributed by atoms with Gasteiger partial charge in [-0.05, 0) is 12.8 Å². The Kier molecular flexibility index (Phi) is 4.02. The van der Waals surface area contributed by atoms with Crippen LogP contribution in [0.1, 0.15) is 12.8 Å². The Hall–Kier alpha value is 0.0134. The summed E-state index contributed by atoms with van der Waals surface area (Å²) in [5, 5.41) is 9.84. The molecule has 4 nitrogen and oxygen atoms in total. The summed E-state index contributed by atoms with van der Waals surface area (Å²) in [6, 6.07) is -0.440. The van der Waals surface area contributed by atoms with Crippen molar-refractivity contribution < 1.29 is 29.4 Å². The summed E-state index contributed by atoms with van der Waals surface area (Å²) in [6.07, 6.45) is 1.58. The molecule has 1 aliphatic rings. The number of nitrogens with zero attached hydrogens (tertiary/aromatic N) is 1. The molecule has 0 spiro atoms. The SMILES string of the molecule is NN1CCC[C@H]1C(=O)O.[Zn]. The summed E-state index contributed by atoms with van der Waals surface area (Å²) in [7, 11) is 0. The Morgan fingerprint density at radius 2 is 2.30 bits per heavy atom. The first kappa shape index (κ1) is 10.0. The van der Waals surface area contributed by atoms with Gasteiger partial charge in [0.05, 0.1) is 0 Å². The number of hydrogen-bond acceptors (Lipinski definition) is 3. The summed E-state index contributed by atoms with van der Waals surface area (Å²) in [5.74, 6) is 4.52. The van der Waals surface area contributed by atoms with E-state index in [-0.39, 0.29) is 19.5 Å². The van der Waals surface area contributed by atoms with Crippen LogP contribution in [0.2, 0.25) is 0 Å². The van der Waals surface area contributed by atoms with Crippen LogP contribution in [0.25, 0.3) is 0 Å². The Morgan fingerprint density at radius 3 is 2.50 bits per heavy atom. The van der Waals surface area contributed by atoms with E-state index < -0.39 is 12.0 Å². The standard InChI is InChI=1S/C5H10N2O2.Zn/c6-7-3-1-2-4(7)5(8)9;/h4H,1-3,6H2,(H,8,9);/t4-;/m0./s1. The second kappa shape index (κ2) is 4.01. The van der Waals surface area contributed by atoms with Crippen LogP contribution < -0.4 is 5.84 Å². The average Bonchev–Trinajstić information content (AvgIpc) is 2.13. The minimum absolute atomic E-state index is 0. The van der Waals surface area contributed by atoms with Gasteiger partial charge in [-0.25, -0.2) is 5.01 Å². The molecule has 1 rings (SSSR count). The van der Waals surface area contributed by atoms with Crippen LogP contribution in [0.15, 0.2) is 0 Å². The van der Waals surface area contributed by atoms with E-state index in [9.17, 15) is 4.79 Å². The summed E-state index contributed by atoms with van der Waals surface area (Å²) in [4.78, 5) is 10.3. The maximum absolute atomic E-state index is 10.3. The summed E-state index contributed by atoms with van der Waals surface area (Å²) >= 11 is 0. The molecule has 1 heterocycles. The number of hydrazine groups is 1. The molecule has 0 bridgehead atoms. The van der Waals surface area contributed by atoms with Crippen molar-refractivity contribution in [3.05, 3.63) is 0 Å². The van der Waals surface area contributed by atoms with Crippen LogP contribution in [-0.2, 0) is 24.3 Å². The molecule has 1 saturated heterocycles. The molecule has 10 heavy (non-hydrogen) atoms. The molecule has 0 amide bonds. The molecule has 1 atom stereocenters. The van der Waals surface area contributed by atoms with Crippen molar-refractivity contribution in [3.63, 3.8) is 0 Å². The Morgan fingerprint density at radius 1 is 1.70 bits per heavy atom. The first-order chi connectivity index (χ1) is 4.22. The van der Waals surface area contributed by atoms with Crippen molar-refractivity contribution in [3.8, 4) is 0 Å². The minimum atomic E-state index is -0.810. The largest absolute Gasteiger partial charge is 0.480 e. The number of hydrogen-bond donors (Lipinski definition) is 2. The van der Waals surface area contributed by atoms with Gasteiger partial charge in [-0.3, -0.25) is 10.6 Å². The van der Waals surface area contributed by atoms with Crippen LogP contribution >= 0.6 is 0 Å². The van der Waals surface area contributed by atoms with Crippen molar-refractivity contribution in [2.24, 2.45) is 5.84 Å². The number of rotatable bonds is 1. The molecule has 0 radical (unpaired) electrons. The van der Waals surface area contributed by atoms with Gasteiger partial charge < -0.3 is 5.11 Å². The molecule has 5 heteroatoms. The number of nitrogens with two attached hydrogens (primary N) is 1. The van der Waals surface area contributed by atoms with Crippen molar-refractivity contribution >= 4 is 5.97 Å². The first-order valence-corrected chi connectivity index (χ1v) is 2.96. The van der Waals surface area contributed by atoms with Gasteiger partial charge in [0.2, 0.25) is 0 Å². The van der Waals surface area contributed by atoms with Crippen LogP contribution in [0.5, 0.6) is 0 Å². The predicted molar refractivity (Wildman–Crippen MR) is 31.6 cm³/mol. The predicted octanol–water partition coefficient (Wildman–Crippen LogP) is -0.593. The average molecular weight is 196 g/mol. The van der Waals surface area contributed by atoms with Crippen LogP contribution in [0, 0.1) is 0 Å². The second-order valence-corrected chi connectivity index (χ2v) is 2.23. The number of carboxylic acids is 1. The van der Waals surface area contributed by atoms with Crippen LogP contribution in [-0.4, -0.2) is 28.7 Å². The molecule has 3 N–H and O–H groups in total. The van der Waals surface area contributed by atoms with Gasteiger partial charge in [0.15, 0.2) is 0 Å². The Labute approximate surface area is 72.1 Å². The van der Waals surface area contributed by atoms with Gasteiger partial charge in [0, 0.05) is 26.0 Å². The second-order valence-electron chi connectivity index (χ2n) is 2.23. The minimum Gasteiger partial charge on any atom is -0.480 e. The quantitative estimate of drug-likeness (QED) is 0.433. The third-order valence-corrected chi connectivity index (χ3v) is 1.58. The van der Waals surface area contributed by atoms with Crippen LogP contribution in [0.4, 0.5) is 0 Å². The van der Waals surface area contributed by atoms with Gasteiger partial charge in [0.25, 0.3) is 0 Å². The zero-order chi connectivity index (χ0) is 6.85. The Bertz CT molecular complexity index is 131. The van der Waals surface area contributed by atoms with E-state index in [0.29, 0.717) is 13.0 Å². The fraction of sp³-hybridized carbons (Fsp3) is 0.800. The topological polar surface area (TPSA) is 66.6 Å². The monoisotopic (exact) mass is 194 g/mol. The molecular weight excluding hydrogens is 185 g/mol. The molecule has 0 saturated carbocycles. The van der Waals surface area contributed by atoms with Gasteiger partial charge in [0.1, 0.15) is 6.04 Å². The zero-order valence-corrected chi connectivity index (χ0v) is 8.75. The van der Waals surface area contributed by atoms with Crippen molar-refractivity contribution in [2.75, 3.05) is 6.54 Å². The summed E-state index contributed by atoms with van der Waals surface area (Å²) in [5.41, 5.74) is 0. The molecule has 54 valence electrons. The molecule has 1 aliphatic heterocycles. The van der Waals surface area contributed by atoms with Gasteiger partial charge in [-0.2, -0.15) is 0 Å². The van der Waals surface area contributed by atoms with E-state index in [1.165, 1.54) is 5.01 Å². The first-order valence-electron chi connectivity index (χ1n) is 2.96. The van der Waals surface area contributed by atoms with E-state index in [1.807, 2.05) is 0 Å². The van der Waals surface area contributed by atoms with E-state index in [0.717, 1.165) is 6.42 Å². The maximum atomic E-state index is 10.3. The normalized spacial score (nSPS) is 25.9. The fourth-order valence-electron chi connectivity index (χ4n) is 1.05. The summed E-state index contributed by atoms with van der Waals surface area (Å²) < 4.78 is 0. The third-order valence-electron chi connectivity index (χ3n) is 1.58. The maximum Gasteiger partial charge on any atom is 0.322 e. The molecule has 0 aromatic heterocycles. The van der Waals surface area contributed by atoms with E-state index in [4.69, 9.17) is 10.9 Å². The van der Waals surface area contributed by atoms with Crippen LogP contribution in [0.3, 0.4) is 0 Å². The van der Waals surface area contributed by atoms with Gasteiger partial charge in [-0.1, -0.05) is 0 Å². The summed E-state index contributed by atoms with van der Waals surface area (Å²) in [6.45, 7) is 0.705. The smallest absolute Gasteiger partial charge is 0.322 e. The third kappa shape index (κ3) is 2.01. The van der Waals surface area contributed by atoms with E-state index in [1.54, 1.807) is 0 Å². The molecule has 1 fully saturated rings. The molecule has 0 unspecified atom stereocenters. The fourth-order valence-corrected chi connectivity index (χ4v) is 1.05. The molecule has 0 aromatic rings. The van der Waals surface area contributed by atoms with Gasteiger partial charge >= 0.3 is 5.97 Å². The number of carboxylic acid groups (broad SMARTS) is 1.